The highest BCUT2D eigenvalue weighted by Gasteiger charge is 2.29. The standard InChI is InChI=1S/C14H20N2O2/c1-11-8-16(9-12-6-4-3-5-7-12)10-13(15-11)14(17)18-2/h3-7,11,13,15H,8-10H2,1-2H3. The van der Waals surface area contributed by atoms with E-state index < -0.39 is 0 Å². The third-order valence-electron chi connectivity index (χ3n) is 3.19. The molecule has 0 aliphatic carbocycles. The molecule has 4 nitrogen and oxygen atoms in total. The van der Waals surface area contributed by atoms with Crippen LogP contribution in [0.15, 0.2) is 30.3 Å². The van der Waals surface area contributed by atoms with E-state index in [-0.39, 0.29) is 12.0 Å². The molecule has 0 saturated carbocycles. The lowest BCUT2D eigenvalue weighted by atomic mass is 10.1. The second kappa shape index (κ2) is 5.98. The van der Waals surface area contributed by atoms with Crippen LogP contribution in [0.5, 0.6) is 0 Å². The smallest absolute Gasteiger partial charge is 0.324 e. The fraction of sp³-hybridized carbons (Fsp3) is 0.500. The van der Waals surface area contributed by atoms with E-state index in [2.05, 4.69) is 29.3 Å². The number of ether oxygens (including phenoxy) is 1. The number of hydrogen-bond donors (Lipinski definition) is 1. The Balaban J connectivity index is 1.98. The van der Waals surface area contributed by atoms with Gasteiger partial charge in [0.25, 0.3) is 0 Å². The van der Waals surface area contributed by atoms with Crippen LogP contribution in [-0.4, -0.2) is 43.2 Å². The minimum atomic E-state index is -0.220. The van der Waals surface area contributed by atoms with Gasteiger partial charge in [0.1, 0.15) is 6.04 Å². The first-order valence-corrected chi connectivity index (χ1v) is 6.29. The van der Waals surface area contributed by atoms with E-state index in [4.69, 9.17) is 4.74 Å². The Morgan fingerprint density at radius 1 is 1.39 bits per heavy atom. The zero-order valence-corrected chi connectivity index (χ0v) is 10.9. The maximum Gasteiger partial charge on any atom is 0.324 e. The molecule has 1 aliphatic rings. The van der Waals surface area contributed by atoms with Gasteiger partial charge in [-0.2, -0.15) is 0 Å². The largest absolute Gasteiger partial charge is 0.468 e. The van der Waals surface area contributed by atoms with Gasteiger partial charge < -0.3 is 4.74 Å². The molecule has 0 bridgehead atoms. The molecular weight excluding hydrogens is 228 g/mol. The van der Waals surface area contributed by atoms with E-state index in [1.165, 1.54) is 12.7 Å². The van der Waals surface area contributed by atoms with Crippen molar-refractivity contribution in [1.29, 1.82) is 0 Å². The normalized spacial score (nSPS) is 24.8. The van der Waals surface area contributed by atoms with Gasteiger partial charge >= 0.3 is 5.97 Å². The zero-order valence-electron chi connectivity index (χ0n) is 10.9. The van der Waals surface area contributed by atoms with Gasteiger partial charge in [0.2, 0.25) is 0 Å². The highest BCUT2D eigenvalue weighted by atomic mass is 16.5. The first-order valence-electron chi connectivity index (χ1n) is 6.29. The molecule has 0 aromatic heterocycles. The van der Waals surface area contributed by atoms with Crippen molar-refractivity contribution in [2.24, 2.45) is 0 Å². The summed E-state index contributed by atoms with van der Waals surface area (Å²) in [4.78, 5) is 13.9. The average Bonchev–Trinajstić information content (AvgIpc) is 2.38. The minimum Gasteiger partial charge on any atom is -0.468 e. The lowest BCUT2D eigenvalue weighted by molar-refractivity contribution is -0.144. The molecule has 1 aromatic carbocycles. The molecule has 0 amide bonds. The van der Waals surface area contributed by atoms with Crippen LogP contribution < -0.4 is 5.32 Å². The summed E-state index contributed by atoms with van der Waals surface area (Å²) in [6.45, 7) is 4.61. The maximum atomic E-state index is 11.6. The number of esters is 1. The van der Waals surface area contributed by atoms with Gasteiger partial charge in [-0.15, -0.1) is 0 Å². The van der Waals surface area contributed by atoms with Crippen molar-refractivity contribution in [3.8, 4) is 0 Å². The van der Waals surface area contributed by atoms with Gasteiger partial charge in [0, 0.05) is 25.7 Å². The van der Waals surface area contributed by atoms with Crippen LogP contribution in [0.2, 0.25) is 0 Å². The molecule has 18 heavy (non-hydrogen) atoms. The first kappa shape index (κ1) is 13.1. The quantitative estimate of drug-likeness (QED) is 0.811. The Kier molecular flexibility index (Phi) is 4.33. The number of methoxy groups -OCH3 is 1. The Morgan fingerprint density at radius 2 is 2.11 bits per heavy atom. The topological polar surface area (TPSA) is 41.6 Å². The predicted molar refractivity (Wildman–Crippen MR) is 70.1 cm³/mol. The number of nitrogens with zero attached hydrogens (tertiary/aromatic N) is 1. The molecular formula is C14H20N2O2. The van der Waals surface area contributed by atoms with Crippen LogP contribution >= 0.6 is 0 Å². The molecule has 98 valence electrons. The van der Waals surface area contributed by atoms with Crippen molar-refractivity contribution in [3.63, 3.8) is 0 Å². The summed E-state index contributed by atoms with van der Waals surface area (Å²) in [5, 5.41) is 3.27. The van der Waals surface area contributed by atoms with Crippen molar-refractivity contribution < 1.29 is 9.53 Å². The van der Waals surface area contributed by atoms with E-state index >= 15 is 0 Å². The summed E-state index contributed by atoms with van der Waals surface area (Å²) in [6, 6.07) is 10.4. The molecule has 1 heterocycles. The number of rotatable bonds is 3. The van der Waals surface area contributed by atoms with Gasteiger partial charge in [-0.05, 0) is 12.5 Å². The number of carbonyl (C=O) groups is 1. The molecule has 1 fully saturated rings. The number of carbonyl (C=O) groups excluding carboxylic acids is 1. The molecule has 2 unspecified atom stereocenters. The molecule has 1 aliphatic heterocycles. The molecule has 2 rings (SSSR count). The Bertz CT molecular complexity index is 394. The van der Waals surface area contributed by atoms with Crippen LogP contribution in [0.25, 0.3) is 0 Å². The van der Waals surface area contributed by atoms with Crippen molar-refractivity contribution in [3.05, 3.63) is 35.9 Å². The summed E-state index contributed by atoms with van der Waals surface area (Å²) < 4.78 is 4.81. The summed E-state index contributed by atoms with van der Waals surface area (Å²) >= 11 is 0. The van der Waals surface area contributed by atoms with E-state index in [1.807, 2.05) is 18.2 Å². The number of nitrogens with one attached hydrogen (secondary N) is 1. The van der Waals surface area contributed by atoms with Crippen molar-refractivity contribution in [2.45, 2.75) is 25.6 Å². The van der Waals surface area contributed by atoms with Crippen LogP contribution in [0, 0.1) is 0 Å². The summed E-state index contributed by atoms with van der Waals surface area (Å²) in [6.07, 6.45) is 0. The van der Waals surface area contributed by atoms with Crippen molar-refractivity contribution in [1.82, 2.24) is 10.2 Å². The van der Waals surface area contributed by atoms with Gasteiger partial charge in [-0.3, -0.25) is 15.0 Å². The maximum absolute atomic E-state index is 11.6. The number of benzene rings is 1. The van der Waals surface area contributed by atoms with Gasteiger partial charge in [-0.1, -0.05) is 30.3 Å². The average molecular weight is 248 g/mol. The van der Waals surface area contributed by atoms with E-state index in [0.29, 0.717) is 12.6 Å². The minimum absolute atomic E-state index is 0.181. The predicted octanol–water partition coefficient (Wildman–Crippen LogP) is 1.02. The molecule has 2 atom stereocenters. The Hall–Kier alpha value is -1.39. The lowest BCUT2D eigenvalue weighted by Crippen LogP contribution is -2.58. The van der Waals surface area contributed by atoms with Crippen molar-refractivity contribution in [2.75, 3.05) is 20.2 Å². The Labute approximate surface area is 108 Å². The third kappa shape index (κ3) is 3.31. The molecule has 4 heteroatoms. The second-order valence-corrected chi connectivity index (χ2v) is 4.82. The molecule has 1 N–H and O–H groups in total. The van der Waals surface area contributed by atoms with Crippen LogP contribution in [0.1, 0.15) is 12.5 Å². The van der Waals surface area contributed by atoms with E-state index in [9.17, 15) is 4.79 Å². The summed E-state index contributed by atoms with van der Waals surface area (Å²) in [5.41, 5.74) is 1.27. The molecule has 1 saturated heterocycles. The van der Waals surface area contributed by atoms with Gasteiger partial charge in [0.05, 0.1) is 7.11 Å². The highest BCUT2D eigenvalue weighted by Crippen LogP contribution is 2.10. The van der Waals surface area contributed by atoms with E-state index in [1.54, 1.807) is 0 Å². The monoisotopic (exact) mass is 248 g/mol. The van der Waals surface area contributed by atoms with Gasteiger partial charge in [-0.25, -0.2) is 0 Å². The second-order valence-electron chi connectivity index (χ2n) is 4.82. The number of hydrogen-bond acceptors (Lipinski definition) is 4. The molecule has 0 spiro atoms. The van der Waals surface area contributed by atoms with Gasteiger partial charge in [0.15, 0.2) is 0 Å². The SMILES string of the molecule is COC(=O)C1CN(Cc2ccccc2)CC(C)N1. The fourth-order valence-electron chi connectivity index (χ4n) is 2.42. The first-order chi connectivity index (χ1) is 8.69. The fourth-order valence-corrected chi connectivity index (χ4v) is 2.42. The summed E-state index contributed by atoms with van der Waals surface area (Å²) in [7, 11) is 1.44. The van der Waals surface area contributed by atoms with Crippen LogP contribution in [0.3, 0.4) is 0 Å². The highest BCUT2D eigenvalue weighted by molar-refractivity contribution is 5.76. The number of piperazine rings is 1. The zero-order chi connectivity index (χ0) is 13.0. The lowest BCUT2D eigenvalue weighted by Gasteiger charge is -2.36. The van der Waals surface area contributed by atoms with Crippen LogP contribution in [-0.2, 0) is 16.1 Å². The third-order valence-corrected chi connectivity index (χ3v) is 3.19. The van der Waals surface area contributed by atoms with E-state index in [0.717, 1.165) is 13.1 Å². The Morgan fingerprint density at radius 3 is 2.78 bits per heavy atom. The summed E-state index contributed by atoms with van der Waals surface area (Å²) in [5.74, 6) is -0.181. The van der Waals surface area contributed by atoms with Crippen molar-refractivity contribution >= 4 is 5.97 Å². The molecule has 0 radical (unpaired) electrons. The van der Waals surface area contributed by atoms with Crippen LogP contribution in [0.4, 0.5) is 0 Å². The molecule has 1 aromatic rings.